The van der Waals surface area contributed by atoms with Crippen LogP contribution in [-0.2, 0) is 19.1 Å². The summed E-state index contributed by atoms with van der Waals surface area (Å²) in [5.41, 5.74) is 5.64. The maximum Gasteiger partial charge on any atom is 0.362 e. The van der Waals surface area contributed by atoms with Gasteiger partial charge in [-0.1, -0.05) is 0 Å². The number of β-lactam (4-membered cyclic amide) rings is 1. The highest BCUT2D eigenvalue weighted by molar-refractivity contribution is 8.03. The Morgan fingerprint density at radius 1 is 1.54 bits per heavy atom. The van der Waals surface area contributed by atoms with Crippen LogP contribution in [0.25, 0.3) is 0 Å². The monoisotopic (exact) mass is 355 g/mol. The number of ketones is 1. The molecule has 2 aliphatic rings. The number of aliphatic hydroxyl groups excluding tert-OH is 1. The first-order valence-electron chi connectivity index (χ1n) is 7.60. The molecule has 2 aliphatic heterocycles. The zero-order valence-corrected chi connectivity index (χ0v) is 14.6. The second-order valence-corrected chi connectivity index (χ2v) is 6.82. The van der Waals surface area contributed by atoms with E-state index in [2.05, 4.69) is 4.99 Å². The number of hydrogen-bond donors (Lipinski definition) is 2. The van der Waals surface area contributed by atoms with Gasteiger partial charge < -0.3 is 20.5 Å². The van der Waals surface area contributed by atoms with Crippen LogP contribution in [0.3, 0.4) is 0 Å². The van der Waals surface area contributed by atoms with Gasteiger partial charge in [-0.2, -0.15) is 0 Å². The van der Waals surface area contributed by atoms with E-state index in [9.17, 15) is 19.5 Å². The van der Waals surface area contributed by atoms with Crippen molar-refractivity contribution < 1.29 is 24.2 Å². The van der Waals surface area contributed by atoms with Gasteiger partial charge in [0.15, 0.2) is 0 Å². The minimum absolute atomic E-state index is 0.128. The summed E-state index contributed by atoms with van der Waals surface area (Å²) in [5.74, 6) is -1.83. The van der Waals surface area contributed by atoms with Gasteiger partial charge in [-0.05, 0) is 6.92 Å². The van der Waals surface area contributed by atoms with Gasteiger partial charge in [0.1, 0.15) is 5.70 Å². The molecule has 0 aromatic heterocycles. The Hall–Kier alpha value is -1.71. The SMILES string of the molecule is CN=C(OC(=O)C1=C(SCCN)C[C@@H]2[C@@H]([C@@H](C)O)C(=O)N12)C(C)=O. The van der Waals surface area contributed by atoms with E-state index in [-0.39, 0.29) is 23.5 Å². The first-order valence-corrected chi connectivity index (χ1v) is 8.59. The van der Waals surface area contributed by atoms with Crippen molar-refractivity contribution in [2.24, 2.45) is 16.6 Å². The number of ether oxygens (including phenoxy) is 1. The van der Waals surface area contributed by atoms with Crippen LogP contribution in [0.5, 0.6) is 0 Å². The molecule has 0 saturated carbocycles. The molecule has 8 nitrogen and oxygen atoms in total. The fourth-order valence-corrected chi connectivity index (χ4v) is 3.91. The molecule has 0 aromatic carbocycles. The number of amides is 1. The Balaban J connectivity index is 2.26. The number of thioether (sulfide) groups is 1. The largest absolute Gasteiger partial charge is 0.399 e. The summed E-state index contributed by atoms with van der Waals surface area (Å²) in [4.78, 5) is 41.9. The van der Waals surface area contributed by atoms with E-state index in [1.807, 2.05) is 0 Å². The quantitative estimate of drug-likeness (QED) is 0.289. The number of nitrogens with two attached hydrogens (primary N) is 1. The lowest BCUT2D eigenvalue weighted by Gasteiger charge is -2.44. The number of carbonyl (C=O) groups is 3. The summed E-state index contributed by atoms with van der Waals surface area (Å²) in [5, 5.41) is 9.76. The molecule has 2 heterocycles. The van der Waals surface area contributed by atoms with Gasteiger partial charge in [0, 0.05) is 37.6 Å². The Labute approximate surface area is 144 Å². The maximum atomic E-state index is 12.5. The summed E-state index contributed by atoms with van der Waals surface area (Å²) in [7, 11) is 1.35. The van der Waals surface area contributed by atoms with Crippen molar-refractivity contribution in [2.75, 3.05) is 19.3 Å². The summed E-state index contributed by atoms with van der Waals surface area (Å²) in [6.07, 6.45) is -0.324. The number of rotatable bonds is 6. The van der Waals surface area contributed by atoms with Gasteiger partial charge in [-0.3, -0.25) is 14.6 Å². The van der Waals surface area contributed by atoms with Gasteiger partial charge in [-0.15, -0.1) is 11.8 Å². The van der Waals surface area contributed by atoms with Gasteiger partial charge >= 0.3 is 5.97 Å². The molecule has 1 saturated heterocycles. The minimum atomic E-state index is -0.792. The highest BCUT2D eigenvalue weighted by Gasteiger charge is 2.57. The van der Waals surface area contributed by atoms with Crippen LogP contribution in [0, 0.1) is 5.92 Å². The molecule has 0 unspecified atom stereocenters. The minimum Gasteiger partial charge on any atom is -0.399 e. The Morgan fingerprint density at radius 2 is 2.21 bits per heavy atom. The van der Waals surface area contributed by atoms with E-state index in [1.54, 1.807) is 6.92 Å². The molecule has 0 radical (unpaired) electrons. The Kier molecular flexibility index (Phi) is 5.79. The molecular formula is C15H21N3O5S. The molecule has 2 rings (SSSR count). The molecule has 0 aromatic rings. The van der Waals surface area contributed by atoms with Crippen LogP contribution in [-0.4, -0.2) is 65.1 Å². The lowest BCUT2D eigenvalue weighted by atomic mass is 9.83. The highest BCUT2D eigenvalue weighted by atomic mass is 32.2. The molecular weight excluding hydrogens is 334 g/mol. The molecule has 1 amide bonds. The van der Waals surface area contributed by atoms with Crippen LogP contribution in [0.4, 0.5) is 0 Å². The molecule has 132 valence electrons. The van der Waals surface area contributed by atoms with E-state index in [0.29, 0.717) is 23.6 Å². The third-order valence-electron chi connectivity index (χ3n) is 3.97. The Morgan fingerprint density at radius 3 is 2.71 bits per heavy atom. The van der Waals surface area contributed by atoms with Crippen molar-refractivity contribution in [1.29, 1.82) is 0 Å². The van der Waals surface area contributed by atoms with E-state index in [4.69, 9.17) is 10.5 Å². The van der Waals surface area contributed by atoms with Crippen LogP contribution >= 0.6 is 11.8 Å². The lowest BCUT2D eigenvalue weighted by Crippen LogP contribution is -2.62. The summed E-state index contributed by atoms with van der Waals surface area (Å²) in [6, 6.07) is -0.264. The van der Waals surface area contributed by atoms with Crippen LogP contribution in [0.1, 0.15) is 20.3 Å². The maximum absolute atomic E-state index is 12.5. The van der Waals surface area contributed by atoms with E-state index < -0.39 is 23.8 Å². The Bertz CT molecular complexity index is 629. The molecule has 0 bridgehead atoms. The number of nitrogens with zero attached hydrogens (tertiary/aromatic N) is 2. The van der Waals surface area contributed by atoms with Crippen LogP contribution in [0.15, 0.2) is 15.6 Å². The molecule has 1 fully saturated rings. The van der Waals surface area contributed by atoms with Gasteiger partial charge in [0.25, 0.3) is 5.90 Å². The van der Waals surface area contributed by atoms with Crippen molar-refractivity contribution in [3.63, 3.8) is 0 Å². The van der Waals surface area contributed by atoms with Crippen molar-refractivity contribution in [3.05, 3.63) is 10.6 Å². The van der Waals surface area contributed by atoms with Crippen molar-refractivity contribution >= 4 is 35.3 Å². The number of esters is 1. The standard InChI is InChI=1S/C15H21N3O5S/c1-7(19)11-9-6-10(24-5-4-16)12(18(9)14(11)21)15(22)23-13(17-3)8(2)20/h7,9,11,19H,4-6,16H2,1-3H3/t7-,9-,11-/m1/s1. The predicted molar refractivity (Wildman–Crippen MR) is 89.1 cm³/mol. The van der Waals surface area contributed by atoms with Gasteiger partial charge in [-0.25, -0.2) is 4.79 Å². The molecule has 3 atom stereocenters. The molecule has 9 heteroatoms. The number of Topliss-reactive ketones (excluding diaryl/α,β-unsaturated/α-hetero) is 1. The highest BCUT2D eigenvalue weighted by Crippen LogP contribution is 2.47. The topological polar surface area (TPSA) is 122 Å². The summed E-state index contributed by atoms with van der Waals surface area (Å²) >= 11 is 1.38. The van der Waals surface area contributed by atoms with Crippen molar-refractivity contribution in [2.45, 2.75) is 32.4 Å². The molecule has 24 heavy (non-hydrogen) atoms. The fraction of sp³-hybridized carbons (Fsp3) is 0.600. The zero-order chi connectivity index (χ0) is 18.0. The number of hydrogen-bond acceptors (Lipinski definition) is 8. The third kappa shape index (κ3) is 3.24. The van der Waals surface area contributed by atoms with Gasteiger partial charge in [0.05, 0.1) is 18.1 Å². The molecule has 0 spiro atoms. The second kappa shape index (κ2) is 7.45. The average Bonchev–Trinajstić information content (AvgIpc) is 2.83. The second-order valence-electron chi connectivity index (χ2n) is 5.63. The summed E-state index contributed by atoms with van der Waals surface area (Å²) in [6.45, 7) is 3.22. The zero-order valence-electron chi connectivity index (χ0n) is 13.8. The van der Waals surface area contributed by atoms with E-state index in [1.165, 1.54) is 30.6 Å². The first kappa shape index (κ1) is 18.6. The third-order valence-corrected chi connectivity index (χ3v) is 5.12. The number of carbonyl (C=O) groups excluding carboxylic acids is 3. The lowest BCUT2D eigenvalue weighted by molar-refractivity contribution is -0.160. The molecule has 0 aliphatic carbocycles. The first-order chi connectivity index (χ1) is 11.3. The van der Waals surface area contributed by atoms with Crippen LogP contribution in [0.2, 0.25) is 0 Å². The molecule has 3 N–H and O–H groups in total. The van der Waals surface area contributed by atoms with Crippen LogP contribution < -0.4 is 5.73 Å². The fourth-order valence-electron chi connectivity index (χ4n) is 2.94. The number of fused-ring (bicyclic) bond motifs is 1. The summed E-state index contributed by atoms with van der Waals surface area (Å²) < 4.78 is 5.05. The van der Waals surface area contributed by atoms with Crippen molar-refractivity contribution in [3.8, 4) is 0 Å². The predicted octanol–water partition coefficient (Wildman–Crippen LogP) is -0.338. The van der Waals surface area contributed by atoms with E-state index in [0.717, 1.165) is 0 Å². The normalized spacial score (nSPS) is 24.6. The number of aliphatic imine (C=N–C) groups is 1. The van der Waals surface area contributed by atoms with E-state index >= 15 is 0 Å². The smallest absolute Gasteiger partial charge is 0.362 e. The average molecular weight is 355 g/mol. The number of aliphatic hydroxyl groups is 1. The van der Waals surface area contributed by atoms with Crippen molar-refractivity contribution in [1.82, 2.24) is 4.90 Å². The van der Waals surface area contributed by atoms with Gasteiger partial charge in [0.2, 0.25) is 11.7 Å².